The first-order chi connectivity index (χ1) is 12.8. The van der Waals surface area contributed by atoms with Crippen LogP contribution in [-0.4, -0.2) is 21.0 Å². The van der Waals surface area contributed by atoms with Gasteiger partial charge in [0.2, 0.25) is 0 Å². The second kappa shape index (κ2) is 8.34. The van der Waals surface area contributed by atoms with Gasteiger partial charge in [-0.3, -0.25) is 0 Å². The lowest BCUT2D eigenvalue weighted by Gasteiger charge is -2.39. The molecule has 4 heteroatoms. The molecule has 0 N–H and O–H groups in total. The molecule has 0 bridgehead atoms. The molecule has 27 heavy (non-hydrogen) atoms. The fourth-order valence-corrected chi connectivity index (χ4v) is 4.96. The van der Waals surface area contributed by atoms with E-state index in [1.54, 1.807) is 0 Å². The molecule has 1 aromatic carbocycles. The van der Waals surface area contributed by atoms with Crippen LogP contribution in [0.15, 0.2) is 54.5 Å². The minimum atomic E-state index is -1.80. The first-order valence-corrected chi connectivity index (χ1v) is 13.0. The summed E-state index contributed by atoms with van der Waals surface area (Å²) >= 11 is 0. The van der Waals surface area contributed by atoms with Gasteiger partial charge in [0, 0.05) is 5.92 Å². The zero-order valence-electron chi connectivity index (χ0n) is 17.4. The average molecular weight is 387 g/mol. The lowest BCUT2D eigenvalue weighted by Crippen LogP contribution is -2.44. The van der Waals surface area contributed by atoms with Gasteiger partial charge in [0.05, 0.1) is 31.8 Å². The maximum atomic E-state index is 6.73. The highest BCUT2D eigenvalue weighted by Gasteiger charge is 2.44. The summed E-state index contributed by atoms with van der Waals surface area (Å²) in [6, 6.07) is 10.4. The molecule has 3 atom stereocenters. The number of hydrogen-bond donors (Lipinski definition) is 0. The van der Waals surface area contributed by atoms with Crippen molar-refractivity contribution < 1.29 is 13.9 Å². The third-order valence-electron chi connectivity index (χ3n) is 6.33. The summed E-state index contributed by atoms with van der Waals surface area (Å²) in [5.41, 5.74) is 2.53. The first-order valence-electron chi connectivity index (χ1n) is 10.1. The Morgan fingerprint density at radius 1 is 1.11 bits per heavy atom. The molecular weight excluding hydrogens is 352 g/mol. The van der Waals surface area contributed by atoms with Crippen LogP contribution >= 0.6 is 0 Å². The normalized spacial score (nSPS) is 25.5. The molecule has 1 saturated carbocycles. The lowest BCUT2D eigenvalue weighted by molar-refractivity contribution is 0.0874. The zero-order valence-corrected chi connectivity index (χ0v) is 18.4. The highest BCUT2D eigenvalue weighted by molar-refractivity contribution is 6.74. The van der Waals surface area contributed by atoms with E-state index >= 15 is 0 Å². The van der Waals surface area contributed by atoms with Crippen molar-refractivity contribution in [2.45, 2.75) is 64.5 Å². The molecule has 0 unspecified atom stereocenters. The number of rotatable bonds is 6. The maximum Gasteiger partial charge on any atom is 0.192 e. The molecule has 1 aliphatic carbocycles. The van der Waals surface area contributed by atoms with Gasteiger partial charge in [0.25, 0.3) is 0 Å². The minimum absolute atomic E-state index is 0.187. The Balaban J connectivity index is 1.62. The molecular formula is C23H34O3Si. The Hall–Kier alpha value is -1.36. The summed E-state index contributed by atoms with van der Waals surface area (Å²) < 4.78 is 18.5. The predicted octanol–water partition coefficient (Wildman–Crippen LogP) is 6.05. The summed E-state index contributed by atoms with van der Waals surface area (Å²) in [4.78, 5) is 0. The van der Waals surface area contributed by atoms with Crippen molar-refractivity contribution in [3.05, 3.63) is 60.1 Å². The van der Waals surface area contributed by atoms with Crippen molar-refractivity contribution in [1.29, 1.82) is 0 Å². The van der Waals surface area contributed by atoms with E-state index in [9.17, 15) is 0 Å². The SMILES string of the molecule is CC(C)(C)[Si](C)(C)O[C@@H]1CC[C@H]2C1=COC=C[C@H]2COCc1ccccc1. The van der Waals surface area contributed by atoms with Crippen molar-refractivity contribution in [3.8, 4) is 0 Å². The van der Waals surface area contributed by atoms with Crippen LogP contribution in [0, 0.1) is 11.8 Å². The van der Waals surface area contributed by atoms with Crippen molar-refractivity contribution in [1.82, 2.24) is 0 Å². The summed E-state index contributed by atoms with van der Waals surface area (Å²) in [7, 11) is -1.80. The van der Waals surface area contributed by atoms with E-state index < -0.39 is 8.32 Å². The van der Waals surface area contributed by atoms with Gasteiger partial charge in [0.15, 0.2) is 8.32 Å². The van der Waals surface area contributed by atoms with Crippen molar-refractivity contribution in [2.24, 2.45) is 11.8 Å². The van der Waals surface area contributed by atoms with Gasteiger partial charge in [-0.1, -0.05) is 51.1 Å². The van der Waals surface area contributed by atoms with E-state index in [0.717, 1.165) is 12.8 Å². The molecule has 148 valence electrons. The molecule has 3 rings (SSSR count). The minimum Gasteiger partial charge on any atom is -0.473 e. The highest BCUT2D eigenvalue weighted by Crippen LogP contribution is 2.45. The third kappa shape index (κ3) is 4.92. The van der Waals surface area contributed by atoms with E-state index in [4.69, 9.17) is 13.9 Å². The van der Waals surface area contributed by atoms with Crippen LogP contribution in [0.25, 0.3) is 0 Å². The van der Waals surface area contributed by atoms with Gasteiger partial charge in [-0.15, -0.1) is 0 Å². The van der Waals surface area contributed by atoms with E-state index in [1.807, 2.05) is 18.6 Å². The van der Waals surface area contributed by atoms with E-state index in [-0.39, 0.29) is 11.1 Å². The van der Waals surface area contributed by atoms with Crippen LogP contribution in [0.5, 0.6) is 0 Å². The van der Waals surface area contributed by atoms with Gasteiger partial charge < -0.3 is 13.9 Å². The molecule has 0 radical (unpaired) electrons. The molecule has 0 aromatic heterocycles. The predicted molar refractivity (Wildman–Crippen MR) is 113 cm³/mol. The second-order valence-electron chi connectivity index (χ2n) is 9.30. The van der Waals surface area contributed by atoms with Crippen LogP contribution in [0.3, 0.4) is 0 Å². The molecule has 1 fully saturated rings. The van der Waals surface area contributed by atoms with Crippen LogP contribution in [0.1, 0.15) is 39.2 Å². The topological polar surface area (TPSA) is 27.7 Å². The standard InChI is InChI=1S/C23H34O3Si/c1-23(2,3)27(4,5)26-22-12-11-20-19(13-14-24-17-21(20)22)16-25-15-18-9-7-6-8-10-18/h6-10,13-14,17,19-20,22H,11-12,15-16H2,1-5H3/t19-,20+,22+/m0/s1. The quantitative estimate of drug-likeness (QED) is 0.557. The fourth-order valence-electron chi connectivity index (χ4n) is 3.64. The van der Waals surface area contributed by atoms with Gasteiger partial charge >= 0.3 is 0 Å². The molecule has 3 nitrogen and oxygen atoms in total. The monoisotopic (exact) mass is 386 g/mol. The second-order valence-corrected chi connectivity index (χ2v) is 14.1. The maximum absolute atomic E-state index is 6.73. The van der Waals surface area contributed by atoms with Crippen LogP contribution in [0.4, 0.5) is 0 Å². The summed E-state index contributed by atoms with van der Waals surface area (Å²) in [5, 5.41) is 0.216. The Morgan fingerprint density at radius 3 is 2.56 bits per heavy atom. The van der Waals surface area contributed by atoms with Crippen LogP contribution < -0.4 is 0 Å². The van der Waals surface area contributed by atoms with Gasteiger partial charge in [-0.2, -0.15) is 0 Å². The summed E-state index contributed by atoms with van der Waals surface area (Å²) in [5.74, 6) is 0.796. The van der Waals surface area contributed by atoms with Gasteiger partial charge in [0.1, 0.15) is 0 Å². The number of ether oxygens (including phenoxy) is 2. The molecule has 1 heterocycles. The largest absolute Gasteiger partial charge is 0.473 e. The third-order valence-corrected chi connectivity index (χ3v) is 10.8. The lowest BCUT2D eigenvalue weighted by atomic mass is 9.88. The van der Waals surface area contributed by atoms with E-state index in [0.29, 0.717) is 25.0 Å². The van der Waals surface area contributed by atoms with Crippen LogP contribution in [-0.2, 0) is 20.5 Å². The molecule has 0 amide bonds. The van der Waals surface area contributed by atoms with Crippen molar-refractivity contribution >= 4 is 8.32 Å². The van der Waals surface area contributed by atoms with Crippen LogP contribution in [0.2, 0.25) is 18.1 Å². The van der Waals surface area contributed by atoms with Crippen molar-refractivity contribution in [3.63, 3.8) is 0 Å². The first kappa shape index (κ1) is 20.4. The Bertz CT molecular complexity index is 673. The van der Waals surface area contributed by atoms with Gasteiger partial charge in [-0.05, 0) is 54.1 Å². The van der Waals surface area contributed by atoms with Gasteiger partial charge in [-0.25, -0.2) is 0 Å². The van der Waals surface area contributed by atoms with Crippen molar-refractivity contribution in [2.75, 3.05) is 6.61 Å². The summed E-state index contributed by atoms with van der Waals surface area (Å²) in [6.07, 6.45) is 8.31. The smallest absolute Gasteiger partial charge is 0.192 e. The Labute approximate surface area is 165 Å². The zero-order chi connectivity index (χ0) is 19.5. The number of hydrogen-bond acceptors (Lipinski definition) is 3. The molecule has 0 spiro atoms. The molecule has 1 aromatic rings. The van der Waals surface area contributed by atoms with E-state index in [2.05, 4.69) is 64.2 Å². The molecule has 2 aliphatic rings. The molecule has 1 aliphatic heterocycles. The highest BCUT2D eigenvalue weighted by atomic mass is 28.4. The fraction of sp³-hybridized carbons (Fsp3) is 0.565. The molecule has 0 saturated heterocycles. The van der Waals surface area contributed by atoms with E-state index in [1.165, 1.54) is 11.1 Å². The number of fused-ring (bicyclic) bond motifs is 1. The number of benzene rings is 1. The Morgan fingerprint density at radius 2 is 1.85 bits per heavy atom. The average Bonchev–Trinajstić information content (AvgIpc) is 2.87. The Kier molecular flexibility index (Phi) is 6.29. The summed E-state index contributed by atoms with van der Waals surface area (Å²) in [6.45, 7) is 12.9.